The Bertz CT molecular complexity index is 213. The van der Waals surface area contributed by atoms with Crippen molar-refractivity contribution in [1.82, 2.24) is 0 Å². The van der Waals surface area contributed by atoms with Gasteiger partial charge in [0.2, 0.25) is 0 Å². The zero-order valence-electron chi connectivity index (χ0n) is 6.59. The monoisotopic (exact) mass is 250 g/mol. The van der Waals surface area contributed by atoms with E-state index in [4.69, 9.17) is 0 Å². The van der Waals surface area contributed by atoms with Crippen LogP contribution in [0.1, 0.15) is 0 Å². The van der Waals surface area contributed by atoms with Crippen molar-refractivity contribution in [3.8, 4) is 0 Å². The van der Waals surface area contributed by atoms with E-state index in [0.717, 1.165) is 0 Å². The summed E-state index contributed by atoms with van der Waals surface area (Å²) in [6.45, 7) is -3.03. The quantitative estimate of drug-likeness (QED) is 0.681. The molecule has 0 bridgehead atoms. The van der Waals surface area contributed by atoms with E-state index < -0.39 is 31.2 Å². The number of ether oxygens (including phenoxy) is 1. The number of rotatable bonds is 5. The molecule has 10 heteroatoms. The Hall–Kier alpha value is -0.670. The van der Waals surface area contributed by atoms with Gasteiger partial charge in [-0.2, -0.15) is 26.3 Å². The van der Waals surface area contributed by atoms with Gasteiger partial charge in [0, 0.05) is 0 Å². The summed E-state index contributed by atoms with van der Waals surface area (Å²) in [5.74, 6) is -5.61. The van der Waals surface area contributed by atoms with Gasteiger partial charge in [0.05, 0.1) is 0 Å². The molecule has 0 saturated carbocycles. The summed E-state index contributed by atoms with van der Waals surface area (Å²) in [7, 11) is 0. The Labute approximate surface area is 76.8 Å². The van der Waals surface area contributed by atoms with Crippen LogP contribution in [-0.4, -0.2) is 31.2 Å². The van der Waals surface area contributed by atoms with Crippen molar-refractivity contribution in [1.29, 1.82) is 0 Å². The highest BCUT2D eigenvalue weighted by Gasteiger charge is 2.64. The largest absolute Gasteiger partial charge is 0.426 e. The van der Waals surface area contributed by atoms with Crippen molar-refractivity contribution in [2.45, 2.75) is 24.6 Å². The van der Waals surface area contributed by atoms with Crippen LogP contribution in [0.25, 0.3) is 0 Å². The van der Waals surface area contributed by atoms with Crippen LogP contribution < -0.4 is 0 Å². The van der Waals surface area contributed by atoms with Crippen LogP contribution in [0, 0.1) is 0 Å². The van der Waals surface area contributed by atoms with Crippen molar-refractivity contribution in [2.75, 3.05) is 6.67 Å². The second-order valence-corrected chi connectivity index (χ2v) is 2.32. The molecule has 0 aromatic carbocycles. The molecule has 0 saturated heterocycles. The molecule has 0 aliphatic carbocycles. The predicted molar refractivity (Wildman–Crippen MR) is 27.9 cm³/mol. The predicted octanol–water partition coefficient (Wildman–Crippen LogP) is 3.06. The second-order valence-electron chi connectivity index (χ2n) is 2.32. The molecule has 0 spiro atoms. The highest BCUT2D eigenvalue weighted by atomic mass is 19.3. The molecule has 0 aliphatic heterocycles. The minimum Gasteiger partial charge on any atom is -0.246 e. The van der Waals surface area contributed by atoms with E-state index in [1.165, 1.54) is 0 Å². The topological polar surface area (TPSA) is 9.23 Å². The smallest absolute Gasteiger partial charge is 0.246 e. The van der Waals surface area contributed by atoms with E-state index in [1.807, 2.05) is 4.74 Å². The highest BCUT2D eigenvalue weighted by molar-refractivity contribution is 4.78. The molecule has 0 rings (SSSR count). The van der Waals surface area contributed by atoms with E-state index in [1.54, 1.807) is 0 Å². The molecule has 0 radical (unpaired) electrons. The fourth-order valence-corrected chi connectivity index (χ4v) is 0.368. The maximum Gasteiger partial charge on any atom is 0.426 e. The van der Waals surface area contributed by atoms with Gasteiger partial charge in [0.25, 0.3) is 0 Å². The van der Waals surface area contributed by atoms with Crippen LogP contribution in [0.3, 0.4) is 0 Å². The van der Waals surface area contributed by atoms with E-state index >= 15 is 0 Å². The third-order valence-corrected chi connectivity index (χ3v) is 1.11. The van der Waals surface area contributed by atoms with Gasteiger partial charge < -0.3 is 0 Å². The SMILES string of the molecule is FCC(F)(F)C(F)(F)OC(F)(F)C(F)F. The first-order chi connectivity index (χ1) is 6.46. The fraction of sp³-hybridized carbons (Fsp3) is 1.00. The first-order valence-corrected chi connectivity index (χ1v) is 3.14. The lowest BCUT2D eigenvalue weighted by Crippen LogP contribution is -2.50. The van der Waals surface area contributed by atoms with Gasteiger partial charge in [-0.3, -0.25) is 0 Å². The van der Waals surface area contributed by atoms with Crippen molar-refractivity contribution in [3.63, 3.8) is 0 Å². The van der Waals surface area contributed by atoms with E-state index in [-0.39, 0.29) is 0 Å². The van der Waals surface area contributed by atoms with Crippen molar-refractivity contribution in [3.05, 3.63) is 0 Å². The minimum atomic E-state index is -6.03. The second kappa shape index (κ2) is 4.06. The molecule has 0 N–H and O–H groups in total. The van der Waals surface area contributed by atoms with Gasteiger partial charge in [0.1, 0.15) is 0 Å². The van der Waals surface area contributed by atoms with Crippen molar-refractivity contribution < 1.29 is 44.3 Å². The zero-order valence-corrected chi connectivity index (χ0v) is 6.59. The third kappa shape index (κ3) is 3.14. The van der Waals surface area contributed by atoms with Crippen LogP contribution in [0.5, 0.6) is 0 Å². The standard InChI is InChI=1S/C5H3F9O/c6-1-3(9,10)5(13,14)15-4(11,12)2(7)8/h2H,1H2. The third-order valence-electron chi connectivity index (χ3n) is 1.11. The summed E-state index contributed by atoms with van der Waals surface area (Å²) in [6.07, 6.45) is -16.6. The Morgan fingerprint density at radius 2 is 1.33 bits per heavy atom. The lowest BCUT2D eigenvalue weighted by atomic mass is 10.3. The normalized spacial score (nSPS) is 14.8. The molecule has 0 aromatic heterocycles. The number of alkyl halides is 9. The summed E-state index contributed by atoms with van der Waals surface area (Å²) in [6, 6.07) is 0. The molecule has 0 fully saturated rings. The van der Waals surface area contributed by atoms with Gasteiger partial charge in [-0.25, -0.2) is 17.9 Å². The van der Waals surface area contributed by atoms with Gasteiger partial charge in [-0.05, 0) is 0 Å². The molecule has 92 valence electrons. The van der Waals surface area contributed by atoms with E-state index in [2.05, 4.69) is 0 Å². The summed E-state index contributed by atoms with van der Waals surface area (Å²) >= 11 is 0. The van der Waals surface area contributed by atoms with Gasteiger partial charge in [0.15, 0.2) is 6.67 Å². The summed E-state index contributed by atoms with van der Waals surface area (Å²) in [5, 5.41) is 0. The lowest BCUT2D eigenvalue weighted by Gasteiger charge is -2.27. The average molecular weight is 250 g/mol. The maximum atomic E-state index is 12.0. The lowest BCUT2D eigenvalue weighted by molar-refractivity contribution is -0.450. The number of hydrogen-bond donors (Lipinski definition) is 0. The molecule has 0 atom stereocenters. The van der Waals surface area contributed by atoms with E-state index in [0.29, 0.717) is 0 Å². The molecule has 0 aromatic rings. The molecule has 1 nitrogen and oxygen atoms in total. The minimum absolute atomic E-state index is 1.94. The van der Waals surface area contributed by atoms with Crippen LogP contribution in [-0.2, 0) is 4.74 Å². The first-order valence-electron chi connectivity index (χ1n) is 3.14. The zero-order chi connectivity index (χ0) is 12.5. The average Bonchev–Trinajstić information content (AvgIpc) is 2.01. The Morgan fingerprint density at radius 3 is 1.60 bits per heavy atom. The first kappa shape index (κ1) is 14.3. The Balaban J connectivity index is 4.79. The molecular weight excluding hydrogens is 247 g/mol. The van der Waals surface area contributed by atoms with Crippen LogP contribution in [0.15, 0.2) is 0 Å². The summed E-state index contributed by atoms with van der Waals surface area (Å²) in [4.78, 5) is 0. The maximum absolute atomic E-state index is 12.0. The molecule has 0 heterocycles. The molecule has 0 amide bonds. The number of halogens is 9. The van der Waals surface area contributed by atoms with Crippen molar-refractivity contribution in [2.24, 2.45) is 0 Å². The van der Waals surface area contributed by atoms with Crippen LogP contribution in [0.4, 0.5) is 39.5 Å². The van der Waals surface area contributed by atoms with Gasteiger partial charge >= 0.3 is 24.6 Å². The fourth-order valence-electron chi connectivity index (χ4n) is 0.368. The molecular formula is C5H3F9O. The number of hydrogen-bond acceptors (Lipinski definition) is 1. The van der Waals surface area contributed by atoms with Gasteiger partial charge in [-0.1, -0.05) is 0 Å². The van der Waals surface area contributed by atoms with Crippen molar-refractivity contribution >= 4 is 0 Å². The molecule has 0 aliphatic rings. The molecule has 15 heavy (non-hydrogen) atoms. The summed E-state index contributed by atoms with van der Waals surface area (Å²) in [5.41, 5.74) is 0. The Kier molecular flexibility index (Phi) is 3.88. The summed E-state index contributed by atoms with van der Waals surface area (Å²) < 4.78 is 107. The van der Waals surface area contributed by atoms with Crippen LogP contribution >= 0.6 is 0 Å². The van der Waals surface area contributed by atoms with Crippen LogP contribution in [0.2, 0.25) is 0 Å². The highest BCUT2D eigenvalue weighted by Crippen LogP contribution is 2.41. The van der Waals surface area contributed by atoms with E-state index in [9.17, 15) is 39.5 Å². The molecule has 0 unspecified atom stereocenters. The Morgan fingerprint density at radius 1 is 0.933 bits per heavy atom. The van der Waals surface area contributed by atoms with Gasteiger partial charge in [-0.15, -0.1) is 0 Å².